The third-order valence-corrected chi connectivity index (χ3v) is 6.98. The zero-order valence-corrected chi connectivity index (χ0v) is 18.3. The van der Waals surface area contributed by atoms with Crippen LogP contribution in [0.25, 0.3) is 0 Å². The van der Waals surface area contributed by atoms with E-state index < -0.39 is 7.94 Å². The van der Waals surface area contributed by atoms with Crippen molar-refractivity contribution in [1.29, 1.82) is 0 Å². The summed E-state index contributed by atoms with van der Waals surface area (Å²) in [4.78, 5) is 11.1. The van der Waals surface area contributed by atoms with E-state index in [1.54, 1.807) is 0 Å². The maximum atomic E-state index is 11.1. The van der Waals surface area contributed by atoms with Crippen molar-refractivity contribution >= 4 is 7.94 Å². The van der Waals surface area contributed by atoms with Crippen LogP contribution in [0.3, 0.4) is 0 Å². The molecule has 0 saturated carbocycles. The Bertz CT molecular complexity index is 577. The second-order valence-corrected chi connectivity index (χ2v) is 9.81. The van der Waals surface area contributed by atoms with Crippen LogP contribution in [-0.2, 0) is 0 Å². The number of hydrogen-bond acceptors (Lipinski definition) is 3. The molecule has 1 N–H and O–H groups in total. The van der Waals surface area contributed by atoms with Crippen molar-refractivity contribution in [3.05, 3.63) is 60.7 Å². The predicted octanol–water partition coefficient (Wildman–Crippen LogP) is 7.55. The van der Waals surface area contributed by atoms with Gasteiger partial charge in [-0.3, -0.25) is 0 Å². The van der Waals surface area contributed by atoms with Crippen LogP contribution in [0.4, 0.5) is 0 Å². The summed E-state index contributed by atoms with van der Waals surface area (Å²) >= 11 is 0. The summed E-state index contributed by atoms with van der Waals surface area (Å²) < 4.78 is 11.9. The van der Waals surface area contributed by atoms with E-state index in [-0.39, 0.29) is 0 Å². The van der Waals surface area contributed by atoms with Gasteiger partial charge in [-0.25, -0.2) is 0 Å². The average Bonchev–Trinajstić information content (AvgIpc) is 2.71. The minimum absolute atomic E-state index is 0.577. The normalized spacial score (nSPS) is 11.9. The van der Waals surface area contributed by atoms with Crippen molar-refractivity contribution in [2.45, 2.75) is 71.1 Å². The predicted molar refractivity (Wildman–Crippen MR) is 121 cm³/mol. The van der Waals surface area contributed by atoms with Crippen molar-refractivity contribution in [2.24, 2.45) is 0 Å². The first-order chi connectivity index (χ1) is 13.7. The SMILES string of the molecule is CCCCCCCCCCCC[PH](O)(Oc1ccccc1)Oc1ccccc1. The van der Waals surface area contributed by atoms with E-state index in [1.807, 2.05) is 60.7 Å². The molecule has 0 saturated heterocycles. The summed E-state index contributed by atoms with van der Waals surface area (Å²) in [6.07, 6.45) is 13.2. The molecule has 0 fully saturated rings. The van der Waals surface area contributed by atoms with Gasteiger partial charge in [0.25, 0.3) is 0 Å². The van der Waals surface area contributed by atoms with E-state index in [4.69, 9.17) is 9.05 Å². The molecule has 0 unspecified atom stereocenters. The van der Waals surface area contributed by atoms with Gasteiger partial charge >= 0.3 is 171 Å². The van der Waals surface area contributed by atoms with Gasteiger partial charge in [0.2, 0.25) is 0 Å². The molecule has 2 aromatic carbocycles. The first-order valence-electron chi connectivity index (χ1n) is 10.9. The average molecular weight is 405 g/mol. The standard InChI is InChI=1S/C24H37O3P/c1-2-3-4-5-6-7-8-9-10-17-22-28(25,26-23-18-13-11-14-19-23)27-24-20-15-12-16-21-24/h11-16,18-21,25,28H,2-10,17,22H2,1H3. The second kappa shape index (κ2) is 13.6. The molecule has 0 amide bonds. The van der Waals surface area contributed by atoms with Gasteiger partial charge in [-0.15, -0.1) is 0 Å². The van der Waals surface area contributed by atoms with Crippen molar-refractivity contribution < 1.29 is 13.9 Å². The van der Waals surface area contributed by atoms with Gasteiger partial charge in [-0.05, 0) is 0 Å². The van der Waals surface area contributed by atoms with E-state index in [0.717, 1.165) is 12.8 Å². The quantitative estimate of drug-likeness (QED) is 0.246. The third kappa shape index (κ3) is 9.57. The molecule has 0 heterocycles. The van der Waals surface area contributed by atoms with Gasteiger partial charge in [0.05, 0.1) is 0 Å². The van der Waals surface area contributed by atoms with Crippen LogP contribution < -0.4 is 9.05 Å². The van der Waals surface area contributed by atoms with Crippen LogP contribution in [0.1, 0.15) is 71.1 Å². The Labute approximate surface area is 171 Å². The molecular weight excluding hydrogens is 367 g/mol. The molecule has 156 valence electrons. The topological polar surface area (TPSA) is 38.7 Å². The third-order valence-electron chi connectivity index (χ3n) is 4.89. The Hall–Kier alpha value is -1.57. The minimum atomic E-state index is -3.32. The van der Waals surface area contributed by atoms with Gasteiger partial charge in [-0.1, -0.05) is 0 Å². The summed E-state index contributed by atoms with van der Waals surface area (Å²) in [5.41, 5.74) is 0. The second-order valence-electron chi connectivity index (χ2n) is 7.47. The fraction of sp³-hybridized carbons (Fsp3) is 0.500. The number of hydrogen-bond donors (Lipinski definition) is 1. The van der Waals surface area contributed by atoms with E-state index in [1.165, 1.54) is 51.4 Å². The van der Waals surface area contributed by atoms with Crippen LogP contribution in [0.15, 0.2) is 60.7 Å². The van der Waals surface area contributed by atoms with Crippen molar-refractivity contribution in [3.8, 4) is 11.5 Å². The van der Waals surface area contributed by atoms with Crippen LogP contribution in [0.2, 0.25) is 0 Å². The van der Waals surface area contributed by atoms with Gasteiger partial charge < -0.3 is 0 Å². The van der Waals surface area contributed by atoms with Crippen LogP contribution in [0, 0.1) is 0 Å². The van der Waals surface area contributed by atoms with Gasteiger partial charge in [0.1, 0.15) is 0 Å². The fourth-order valence-corrected chi connectivity index (χ4v) is 5.26. The Balaban J connectivity index is 1.75. The molecule has 0 aromatic heterocycles. The van der Waals surface area contributed by atoms with Crippen molar-refractivity contribution in [3.63, 3.8) is 0 Å². The van der Waals surface area contributed by atoms with Crippen LogP contribution in [0.5, 0.6) is 11.5 Å². The van der Waals surface area contributed by atoms with Gasteiger partial charge in [0, 0.05) is 0 Å². The zero-order valence-electron chi connectivity index (χ0n) is 17.3. The molecule has 0 aliphatic rings. The number of rotatable bonds is 15. The molecule has 0 aliphatic carbocycles. The first-order valence-corrected chi connectivity index (χ1v) is 12.9. The van der Waals surface area contributed by atoms with Crippen molar-refractivity contribution in [2.75, 3.05) is 6.16 Å². The van der Waals surface area contributed by atoms with E-state index >= 15 is 0 Å². The van der Waals surface area contributed by atoms with Gasteiger partial charge in [0.15, 0.2) is 0 Å². The maximum absolute atomic E-state index is 11.1. The monoisotopic (exact) mass is 404 g/mol. The summed E-state index contributed by atoms with van der Waals surface area (Å²) in [7, 11) is -3.32. The molecule has 0 aliphatic heterocycles. The Morgan fingerprint density at radius 3 is 1.43 bits per heavy atom. The summed E-state index contributed by atoms with van der Waals surface area (Å²) in [5, 5.41) is 0. The van der Waals surface area contributed by atoms with Gasteiger partial charge in [-0.2, -0.15) is 0 Å². The van der Waals surface area contributed by atoms with E-state index in [0.29, 0.717) is 17.7 Å². The summed E-state index contributed by atoms with van der Waals surface area (Å²) in [6, 6.07) is 19.0. The molecule has 0 radical (unpaired) electrons. The molecule has 3 nitrogen and oxygen atoms in total. The summed E-state index contributed by atoms with van der Waals surface area (Å²) in [6.45, 7) is 2.26. The first kappa shape index (κ1) is 22.7. The molecule has 4 heteroatoms. The Morgan fingerprint density at radius 1 is 0.607 bits per heavy atom. The van der Waals surface area contributed by atoms with Crippen LogP contribution in [-0.4, -0.2) is 11.1 Å². The molecule has 0 atom stereocenters. The number of para-hydroxylation sites is 2. The van der Waals surface area contributed by atoms with Crippen LogP contribution >= 0.6 is 7.94 Å². The molecule has 0 bridgehead atoms. The van der Waals surface area contributed by atoms with E-state index in [2.05, 4.69) is 6.92 Å². The summed E-state index contributed by atoms with van der Waals surface area (Å²) in [5.74, 6) is 1.33. The molecular formula is C24H37O3P. The fourth-order valence-electron chi connectivity index (χ4n) is 3.30. The molecule has 0 spiro atoms. The number of unbranched alkanes of at least 4 members (excludes halogenated alkanes) is 9. The number of benzene rings is 2. The molecule has 2 aromatic rings. The molecule has 2 rings (SSSR count). The van der Waals surface area contributed by atoms with Crippen molar-refractivity contribution in [1.82, 2.24) is 0 Å². The Morgan fingerprint density at radius 2 is 1.00 bits per heavy atom. The van der Waals surface area contributed by atoms with E-state index in [9.17, 15) is 4.89 Å². The zero-order chi connectivity index (χ0) is 19.9. The molecule has 28 heavy (non-hydrogen) atoms. The Kier molecular flexibility index (Phi) is 11.0.